The van der Waals surface area contributed by atoms with Crippen molar-refractivity contribution in [3.63, 3.8) is 0 Å². The molecule has 0 saturated carbocycles. The number of carbonyl (C=O) groups is 2. The molecule has 4 heteroatoms. The van der Waals surface area contributed by atoms with Crippen LogP contribution in [0.15, 0.2) is 17.5 Å². The fourth-order valence-electron chi connectivity index (χ4n) is 0.817. The molecule has 0 radical (unpaired) electrons. The van der Waals surface area contributed by atoms with Gasteiger partial charge in [-0.15, -0.1) is 17.8 Å². The van der Waals surface area contributed by atoms with E-state index in [1.54, 1.807) is 19.9 Å². The van der Waals surface area contributed by atoms with Gasteiger partial charge in [-0.1, -0.05) is 12.0 Å². The van der Waals surface area contributed by atoms with Crippen molar-refractivity contribution in [1.82, 2.24) is 0 Å². The topological polar surface area (TPSA) is 54.4 Å². The summed E-state index contributed by atoms with van der Waals surface area (Å²) in [6.45, 7) is 4.63. The van der Waals surface area contributed by atoms with Gasteiger partial charge in [-0.05, 0) is 32.2 Å². The first-order valence-corrected chi connectivity index (χ1v) is 6.00. The largest absolute Gasteiger partial charge is 0.381 e. The zero-order valence-corrected chi connectivity index (χ0v) is 11.0. The maximum atomic E-state index is 11.4. The predicted octanol–water partition coefficient (Wildman–Crippen LogP) is 2.16. The molecule has 17 heavy (non-hydrogen) atoms. The average molecular weight is 252 g/mol. The van der Waals surface area contributed by atoms with Crippen LogP contribution in [0.1, 0.15) is 30.4 Å². The molecule has 0 aromatic carbocycles. The summed E-state index contributed by atoms with van der Waals surface area (Å²) in [6, 6.07) is 3.55. The number of thiophene rings is 1. The molecular formula is C13H16O3S. The van der Waals surface area contributed by atoms with Crippen molar-refractivity contribution in [2.45, 2.75) is 26.9 Å². The summed E-state index contributed by atoms with van der Waals surface area (Å²) in [5, 5.41) is 9.96. The van der Waals surface area contributed by atoms with Gasteiger partial charge >= 0.3 is 0 Å². The molecule has 1 aromatic heterocycles. The lowest BCUT2D eigenvalue weighted by Gasteiger charge is -2.02. The molecule has 0 aliphatic carbocycles. The van der Waals surface area contributed by atoms with Crippen molar-refractivity contribution in [2.75, 3.05) is 0 Å². The fraction of sp³-hybridized carbons (Fsp3) is 0.385. The van der Waals surface area contributed by atoms with Crippen LogP contribution in [0, 0.1) is 18.3 Å². The molecule has 1 N–H and O–H groups in total. The second-order valence-corrected chi connectivity index (χ2v) is 4.46. The maximum Gasteiger partial charge on any atom is 0.182 e. The third-order valence-electron chi connectivity index (χ3n) is 2.01. The SMILES string of the molecule is C#CC(C)O.CC(=O)C(C)C(=O)c1cccs1. The number of hydrogen-bond donors (Lipinski definition) is 1. The first kappa shape index (κ1) is 15.6. The first-order chi connectivity index (χ1) is 7.90. The lowest BCUT2D eigenvalue weighted by atomic mass is 10.0. The number of hydrogen-bond acceptors (Lipinski definition) is 4. The van der Waals surface area contributed by atoms with E-state index >= 15 is 0 Å². The minimum absolute atomic E-state index is 0.0718. The highest BCUT2D eigenvalue weighted by molar-refractivity contribution is 7.12. The Morgan fingerprint density at radius 1 is 1.47 bits per heavy atom. The average Bonchev–Trinajstić information content (AvgIpc) is 2.81. The molecule has 0 spiro atoms. The van der Waals surface area contributed by atoms with Crippen molar-refractivity contribution in [2.24, 2.45) is 5.92 Å². The molecule has 0 saturated heterocycles. The van der Waals surface area contributed by atoms with Gasteiger partial charge < -0.3 is 5.11 Å². The number of aliphatic hydroxyl groups excluding tert-OH is 1. The molecule has 0 bridgehead atoms. The van der Waals surface area contributed by atoms with E-state index in [0.29, 0.717) is 4.88 Å². The molecule has 0 fully saturated rings. The molecular weight excluding hydrogens is 236 g/mol. The van der Waals surface area contributed by atoms with E-state index in [1.807, 2.05) is 11.4 Å². The molecule has 1 aromatic rings. The minimum Gasteiger partial charge on any atom is -0.381 e. The van der Waals surface area contributed by atoms with Crippen molar-refractivity contribution in [3.05, 3.63) is 22.4 Å². The number of rotatable bonds is 3. The van der Waals surface area contributed by atoms with E-state index < -0.39 is 12.0 Å². The summed E-state index contributed by atoms with van der Waals surface area (Å²) >= 11 is 1.37. The molecule has 0 aliphatic heterocycles. The van der Waals surface area contributed by atoms with Crippen molar-refractivity contribution < 1.29 is 14.7 Å². The smallest absolute Gasteiger partial charge is 0.182 e. The lowest BCUT2D eigenvalue weighted by molar-refractivity contribution is -0.118. The molecule has 0 aliphatic rings. The van der Waals surface area contributed by atoms with Crippen LogP contribution in [0.4, 0.5) is 0 Å². The molecule has 1 rings (SSSR count). The lowest BCUT2D eigenvalue weighted by Crippen LogP contribution is -2.17. The molecule has 1 heterocycles. The number of Topliss-reactive ketones (excluding diaryl/α,β-unsaturated/α-hetero) is 2. The van der Waals surface area contributed by atoms with Crippen molar-refractivity contribution >= 4 is 22.9 Å². The fourth-order valence-corrected chi connectivity index (χ4v) is 1.57. The van der Waals surface area contributed by atoms with Crippen LogP contribution in [0.5, 0.6) is 0 Å². The zero-order chi connectivity index (χ0) is 13.4. The third-order valence-corrected chi connectivity index (χ3v) is 2.89. The summed E-state index contributed by atoms with van der Waals surface area (Å²) in [4.78, 5) is 23.0. The van der Waals surface area contributed by atoms with E-state index in [1.165, 1.54) is 18.3 Å². The summed E-state index contributed by atoms with van der Waals surface area (Å²) in [5.74, 6) is 1.44. The normalized spacial score (nSPS) is 12.6. The van der Waals surface area contributed by atoms with Gasteiger partial charge in [0.1, 0.15) is 11.9 Å². The van der Waals surface area contributed by atoms with E-state index in [9.17, 15) is 9.59 Å². The minimum atomic E-state index is -0.588. The van der Waals surface area contributed by atoms with Gasteiger partial charge in [-0.2, -0.15) is 0 Å². The highest BCUT2D eigenvalue weighted by atomic mass is 32.1. The highest BCUT2D eigenvalue weighted by Crippen LogP contribution is 2.14. The number of carbonyl (C=O) groups excluding carboxylic acids is 2. The van der Waals surface area contributed by atoms with E-state index in [4.69, 9.17) is 5.11 Å². The maximum absolute atomic E-state index is 11.4. The summed E-state index contributed by atoms with van der Waals surface area (Å²) in [6.07, 6.45) is 4.08. The summed E-state index contributed by atoms with van der Waals surface area (Å²) < 4.78 is 0. The monoisotopic (exact) mass is 252 g/mol. The van der Waals surface area contributed by atoms with Gasteiger partial charge in [0, 0.05) is 0 Å². The van der Waals surface area contributed by atoms with Crippen LogP contribution >= 0.6 is 11.3 Å². The highest BCUT2D eigenvalue weighted by Gasteiger charge is 2.19. The number of aliphatic hydroxyl groups is 1. The summed E-state index contributed by atoms with van der Waals surface area (Å²) in [5.41, 5.74) is 0. The van der Waals surface area contributed by atoms with Crippen molar-refractivity contribution in [1.29, 1.82) is 0 Å². The van der Waals surface area contributed by atoms with Crippen LogP contribution in [0.25, 0.3) is 0 Å². The van der Waals surface area contributed by atoms with E-state index in [-0.39, 0.29) is 11.6 Å². The van der Waals surface area contributed by atoms with Crippen LogP contribution in [-0.2, 0) is 4.79 Å². The Hall–Kier alpha value is -1.44. The Morgan fingerprint density at radius 2 is 2.00 bits per heavy atom. The second-order valence-electron chi connectivity index (χ2n) is 3.52. The predicted molar refractivity (Wildman–Crippen MR) is 69.0 cm³/mol. The van der Waals surface area contributed by atoms with Crippen LogP contribution in [0.3, 0.4) is 0 Å². The van der Waals surface area contributed by atoms with E-state index in [2.05, 4.69) is 12.3 Å². The Bertz CT molecular complexity index is 399. The van der Waals surface area contributed by atoms with Gasteiger partial charge in [0.2, 0.25) is 0 Å². The zero-order valence-electron chi connectivity index (χ0n) is 10.1. The molecule has 2 unspecified atom stereocenters. The Kier molecular flexibility index (Phi) is 7.11. The Labute approximate surface area is 105 Å². The van der Waals surface area contributed by atoms with Crippen LogP contribution < -0.4 is 0 Å². The van der Waals surface area contributed by atoms with Crippen LogP contribution in [0.2, 0.25) is 0 Å². The number of ketones is 2. The van der Waals surface area contributed by atoms with Gasteiger partial charge in [0.25, 0.3) is 0 Å². The quantitative estimate of drug-likeness (QED) is 0.509. The molecule has 92 valence electrons. The third kappa shape index (κ3) is 6.00. The standard InChI is InChI=1S/C9H10O2S.C4H6O/c1-6(7(2)10)9(11)8-4-3-5-12-8;1-3-4(2)5/h3-6H,1-2H3;1,4-5H,2H3. The van der Waals surface area contributed by atoms with Crippen molar-refractivity contribution in [3.8, 4) is 12.3 Å². The molecule has 0 amide bonds. The molecule has 2 atom stereocenters. The van der Waals surface area contributed by atoms with Crippen LogP contribution in [-0.4, -0.2) is 22.8 Å². The van der Waals surface area contributed by atoms with E-state index in [0.717, 1.165) is 0 Å². The summed E-state index contributed by atoms with van der Waals surface area (Å²) in [7, 11) is 0. The van der Waals surface area contributed by atoms with Gasteiger partial charge in [-0.25, -0.2) is 0 Å². The first-order valence-electron chi connectivity index (χ1n) is 5.12. The Balaban J connectivity index is 0.000000437. The molecule has 3 nitrogen and oxygen atoms in total. The van der Waals surface area contributed by atoms with Gasteiger partial charge in [0.05, 0.1) is 10.8 Å². The van der Waals surface area contributed by atoms with Gasteiger partial charge in [-0.3, -0.25) is 9.59 Å². The van der Waals surface area contributed by atoms with Gasteiger partial charge in [0.15, 0.2) is 5.78 Å². The Morgan fingerprint density at radius 3 is 2.29 bits per heavy atom. The second kappa shape index (κ2) is 7.77. The number of terminal acetylenes is 1.